The minimum absolute atomic E-state index is 0.121. The first-order valence-corrected chi connectivity index (χ1v) is 6.78. The van der Waals surface area contributed by atoms with Crippen molar-refractivity contribution in [2.24, 2.45) is 0 Å². The molecule has 0 bridgehead atoms. The number of anilines is 1. The second kappa shape index (κ2) is 5.06. The molecular formula is C14H20ClFN2. The fourth-order valence-corrected chi connectivity index (χ4v) is 2.63. The van der Waals surface area contributed by atoms with E-state index >= 15 is 0 Å². The van der Waals surface area contributed by atoms with E-state index in [1.54, 1.807) is 0 Å². The summed E-state index contributed by atoms with van der Waals surface area (Å²) in [4.78, 5) is 4.66. The number of alkyl halides is 1. The molecule has 0 amide bonds. The van der Waals surface area contributed by atoms with E-state index in [1.165, 1.54) is 12.1 Å². The number of hydrogen-bond donors (Lipinski definition) is 0. The topological polar surface area (TPSA) is 6.48 Å². The van der Waals surface area contributed by atoms with Gasteiger partial charge in [0, 0.05) is 36.7 Å². The van der Waals surface area contributed by atoms with Gasteiger partial charge in [-0.3, -0.25) is 4.90 Å². The molecule has 1 fully saturated rings. The summed E-state index contributed by atoms with van der Waals surface area (Å²) in [6.07, 6.45) is 0. The van der Waals surface area contributed by atoms with E-state index in [0.29, 0.717) is 5.88 Å². The average molecular weight is 271 g/mol. The molecule has 100 valence electrons. The van der Waals surface area contributed by atoms with Gasteiger partial charge in [-0.1, -0.05) is 0 Å². The van der Waals surface area contributed by atoms with Crippen LogP contribution in [0.2, 0.25) is 0 Å². The number of rotatable bonds is 2. The Labute approximate surface area is 113 Å². The van der Waals surface area contributed by atoms with Gasteiger partial charge in [0.2, 0.25) is 0 Å². The number of piperazine rings is 1. The van der Waals surface area contributed by atoms with Gasteiger partial charge in [0.1, 0.15) is 5.82 Å². The highest BCUT2D eigenvalue weighted by atomic mass is 35.5. The summed E-state index contributed by atoms with van der Waals surface area (Å²) in [5, 5.41) is 0. The van der Waals surface area contributed by atoms with Crippen molar-refractivity contribution in [3.8, 4) is 0 Å². The van der Waals surface area contributed by atoms with Crippen LogP contribution in [0.25, 0.3) is 0 Å². The Bertz CT molecular complexity index is 434. The van der Waals surface area contributed by atoms with Gasteiger partial charge in [-0.25, -0.2) is 4.39 Å². The van der Waals surface area contributed by atoms with Crippen LogP contribution in [0.15, 0.2) is 18.2 Å². The molecule has 1 aromatic carbocycles. The Kier molecular flexibility index (Phi) is 3.83. The Morgan fingerprint density at radius 2 is 2.06 bits per heavy atom. The van der Waals surface area contributed by atoms with Crippen molar-refractivity contribution in [2.75, 3.05) is 31.6 Å². The second-order valence-electron chi connectivity index (χ2n) is 5.56. The van der Waals surface area contributed by atoms with Gasteiger partial charge < -0.3 is 4.90 Å². The van der Waals surface area contributed by atoms with Gasteiger partial charge in [0.05, 0.1) is 0 Å². The lowest BCUT2D eigenvalue weighted by Gasteiger charge is -2.46. The molecule has 0 aromatic heterocycles. The molecule has 0 atom stereocenters. The standard InChI is InChI=1S/C14H20ClFN2/c1-14(2)10-18(7-6-17(14)3)13-5-4-12(16)8-11(13)9-15/h4-5,8H,6-7,9-10H2,1-3H3. The molecule has 0 radical (unpaired) electrons. The summed E-state index contributed by atoms with van der Waals surface area (Å²) in [5.41, 5.74) is 2.06. The smallest absolute Gasteiger partial charge is 0.123 e. The average Bonchev–Trinajstić information content (AvgIpc) is 2.32. The van der Waals surface area contributed by atoms with Gasteiger partial charge in [-0.2, -0.15) is 0 Å². The van der Waals surface area contributed by atoms with Gasteiger partial charge in [-0.05, 0) is 44.7 Å². The maximum atomic E-state index is 13.2. The van der Waals surface area contributed by atoms with Crippen LogP contribution in [-0.2, 0) is 5.88 Å². The van der Waals surface area contributed by atoms with Crippen LogP contribution in [0.4, 0.5) is 10.1 Å². The SMILES string of the molecule is CN1CCN(c2ccc(F)cc2CCl)CC1(C)C. The molecule has 0 aliphatic carbocycles. The lowest BCUT2D eigenvalue weighted by molar-refractivity contribution is 0.139. The highest BCUT2D eigenvalue weighted by Gasteiger charge is 2.31. The van der Waals surface area contributed by atoms with Crippen LogP contribution in [0.1, 0.15) is 19.4 Å². The summed E-state index contributed by atoms with van der Waals surface area (Å²) in [5.74, 6) is 0.127. The largest absolute Gasteiger partial charge is 0.368 e. The van der Waals surface area contributed by atoms with Crippen molar-refractivity contribution in [3.05, 3.63) is 29.6 Å². The number of likely N-dealkylation sites (N-methyl/N-ethyl adjacent to an activating group) is 1. The predicted molar refractivity (Wildman–Crippen MR) is 74.9 cm³/mol. The quantitative estimate of drug-likeness (QED) is 0.762. The lowest BCUT2D eigenvalue weighted by Crippen LogP contribution is -2.57. The van der Waals surface area contributed by atoms with Crippen LogP contribution in [0.3, 0.4) is 0 Å². The summed E-state index contributed by atoms with van der Waals surface area (Å²) in [7, 11) is 2.14. The molecule has 0 N–H and O–H groups in total. The Morgan fingerprint density at radius 1 is 1.33 bits per heavy atom. The van der Waals surface area contributed by atoms with E-state index in [2.05, 4.69) is 30.7 Å². The second-order valence-corrected chi connectivity index (χ2v) is 5.83. The molecule has 4 heteroatoms. The third kappa shape index (κ3) is 2.62. The molecule has 2 nitrogen and oxygen atoms in total. The molecule has 1 aromatic rings. The van der Waals surface area contributed by atoms with Crippen molar-refractivity contribution < 1.29 is 4.39 Å². The van der Waals surface area contributed by atoms with Crippen LogP contribution >= 0.6 is 11.6 Å². The van der Waals surface area contributed by atoms with E-state index in [1.807, 2.05) is 6.07 Å². The first kappa shape index (κ1) is 13.6. The van der Waals surface area contributed by atoms with Gasteiger partial charge in [0.15, 0.2) is 0 Å². The Balaban J connectivity index is 2.27. The van der Waals surface area contributed by atoms with Gasteiger partial charge in [-0.15, -0.1) is 11.6 Å². The maximum Gasteiger partial charge on any atom is 0.123 e. The molecule has 1 saturated heterocycles. The monoisotopic (exact) mass is 270 g/mol. The zero-order chi connectivity index (χ0) is 13.3. The minimum Gasteiger partial charge on any atom is -0.368 e. The predicted octanol–water partition coefficient (Wildman–Crippen LogP) is 3.09. The maximum absolute atomic E-state index is 13.2. The molecule has 18 heavy (non-hydrogen) atoms. The van der Waals surface area contributed by atoms with Crippen molar-refractivity contribution in [3.63, 3.8) is 0 Å². The first-order chi connectivity index (χ1) is 8.44. The fourth-order valence-electron chi connectivity index (χ4n) is 2.42. The van der Waals surface area contributed by atoms with Gasteiger partial charge >= 0.3 is 0 Å². The highest BCUT2D eigenvalue weighted by Crippen LogP contribution is 2.28. The molecule has 1 aliphatic rings. The summed E-state index contributed by atoms with van der Waals surface area (Å²) in [6, 6.07) is 4.89. The van der Waals surface area contributed by atoms with Crippen LogP contribution in [0, 0.1) is 5.82 Å². The molecule has 1 aliphatic heterocycles. The highest BCUT2D eigenvalue weighted by molar-refractivity contribution is 6.17. The molecule has 0 unspecified atom stereocenters. The Morgan fingerprint density at radius 3 is 2.67 bits per heavy atom. The fraction of sp³-hybridized carbons (Fsp3) is 0.571. The minimum atomic E-state index is -0.220. The molecule has 2 rings (SSSR count). The summed E-state index contributed by atoms with van der Waals surface area (Å²) in [6.45, 7) is 7.34. The third-order valence-electron chi connectivity index (χ3n) is 3.84. The Hall–Kier alpha value is -0.800. The molecule has 0 spiro atoms. The summed E-state index contributed by atoms with van der Waals surface area (Å²) < 4.78 is 13.2. The van der Waals surface area contributed by atoms with E-state index in [-0.39, 0.29) is 11.4 Å². The third-order valence-corrected chi connectivity index (χ3v) is 4.13. The van der Waals surface area contributed by atoms with Crippen molar-refractivity contribution in [1.82, 2.24) is 4.90 Å². The van der Waals surface area contributed by atoms with Crippen molar-refractivity contribution in [1.29, 1.82) is 0 Å². The van der Waals surface area contributed by atoms with E-state index in [9.17, 15) is 4.39 Å². The van der Waals surface area contributed by atoms with Crippen molar-refractivity contribution in [2.45, 2.75) is 25.3 Å². The van der Waals surface area contributed by atoms with E-state index in [4.69, 9.17) is 11.6 Å². The molecular weight excluding hydrogens is 251 g/mol. The first-order valence-electron chi connectivity index (χ1n) is 6.24. The van der Waals surface area contributed by atoms with Crippen LogP contribution in [-0.4, -0.2) is 37.1 Å². The van der Waals surface area contributed by atoms with Crippen LogP contribution in [0.5, 0.6) is 0 Å². The molecule has 1 heterocycles. The number of benzene rings is 1. The summed E-state index contributed by atoms with van der Waals surface area (Å²) >= 11 is 5.92. The normalized spacial score (nSPS) is 20.2. The van der Waals surface area contributed by atoms with E-state index < -0.39 is 0 Å². The zero-order valence-corrected chi connectivity index (χ0v) is 12.0. The zero-order valence-electron chi connectivity index (χ0n) is 11.2. The number of nitrogens with zero attached hydrogens (tertiary/aromatic N) is 2. The lowest BCUT2D eigenvalue weighted by atomic mass is 9.98. The molecule has 0 saturated carbocycles. The van der Waals surface area contributed by atoms with Gasteiger partial charge in [0.25, 0.3) is 0 Å². The van der Waals surface area contributed by atoms with E-state index in [0.717, 1.165) is 30.9 Å². The van der Waals surface area contributed by atoms with Crippen molar-refractivity contribution >= 4 is 17.3 Å². The number of hydrogen-bond acceptors (Lipinski definition) is 2. The number of halogens is 2. The van der Waals surface area contributed by atoms with Crippen LogP contribution < -0.4 is 4.90 Å².